The van der Waals surface area contributed by atoms with Crippen LogP contribution in [0.5, 0.6) is 0 Å². The van der Waals surface area contributed by atoms with E-state index in [0.717, 1.165) is 27.7 Å². The summed E-state index contributed by atoms with van der Waals surface area (Å²) in [6, 6.07) is 15.5. The van der Waals surface area contributed by atoms with E-state index in [9.17, 15) is 9.59 Å². The Balaban J connectivity index is 1.41. The molecule has 2 aromatic carbocycles. The molecule has 0 aliphatic carbocycles. The maximum absolute atomic E-state index is 13.1. The van der Waals surface area contributed by atoms with Crippen molar-refractivity contribution in [2.75, 3.05) is 18.5 Å². The van der Waals surface area contributed by atoms with Crippen molar-refractivity contribution in [2.45, 2.75) is 31.3 Å². The maximum Gasteiger partial charge on any atom is 0.254 e. The third-order valence-corrected chi connectivity index (χ3v) is 6.18. The average molecular weight is 389 g/mol. The molecule has 0 spiro atoms. The number of aromatic amines is 1. The van der Waals surface area contributed by atoms with Crippen LogP contribution in [0.3, 0.4) is 0 Å². The fourth-order valence-electron chi connectivity index (χ4n) is 4.62. The minimum absolute atomic E-state index is 0.0167. The van der Waals surface area contributed by atoms with Crippen LogP contribution in [0, 0.1) is 0 Å². The molecule has 3 aromatic rings. The monoisotopic (exact) mass is 389 g/mol. The van der Waals surface area contributed by atoms with Crippen LogP contribution in [-0.4, -0.2) is 40.5 Å². The normalized spacial score (nSPS) is 18.1. The number of anilines is 1. The third kappa shape index (κ3) is 3.09. The minimum atomic E-state index is -0.523. The molecule has 1 saturated heterocycles. The number of hydrogen-bond donors (Lipinski definition) is 2. The highest BCUT2D eigenvalue weighted by molar-refractivity contribution is 6.02. The van der Waals surface area contributed by atoms with E-state index in [1.54, 1.807) is 0 Å². The number of H-pyrrole nitrogens is 1. The lowest BCUT2D eigenvalue weighted by Crippen LogP contribution is -2.54. The zero-order valence-corrected chi connectivity index (χ0v) is 16.1. The SMILES string of the molecule is O=C(CC1(N2Cc3ccccc3C2=O)CCOCC1)Nc1cccc2[nH]ccc12. The highest BCUT2D eigenvalue weighted by atomic mass is 16.5. The lowest BCUT2D eigenvalue weighted by atomic mass is 9.84. The lowest BCUT2D eigenvalue weighted by molar-refractivity contribution is -0.120. The molecule has 1 aromatic heterocycles. The minimum Gasteiger partial charge on any atom is -0.381 e. The van der Waals surface area contributed by atoms with Gasteiger partial charge in [-0.15, -0.1) is 0 Å². The second-order valence-corrected chi connectivity index (χ2v) is 7.85. The van der Waals surface area contributed by atoms with Crippen molar-refractivity contribution in [3.05, 3.63) is 65.9 Å². The molecule has 0 unspecified atom stereocenters. The fourth-order valence-corrected chi connectivity index (χ4v) is 4.62. The predicted octanol–water partition coefficient (Wildman–Crippen LogP) is 3.70. The van der Waals surface area contributed by atoms with Crippen molar-refractivity contribution in [1.82, 2.24) is 9.88 Å². The summed E-state index contributed by atoms with van der Waals surface area (Å²) in [7, 11) is 0. The Hall–Kier alpha value is -3.12. The molecule has 6 nitrogen and oxygen atoms in total. The van der Waals surface area contributed by atoms with E-state index in [1.165, 1.54) is 0 Å². The van der Waals surface area contributed by atoms with Crippen LogP contribution >= 0.6 is 0 Å². The summed E-state index contributed by atoms with van der Waals surface area (Å²) in [5.41, 5.74) is 3.02. The number of carbonyl (C=O) groups excluding carboxylic acids is 2. The van der Waals surface area contributed by atoms with Crippen molar-refractivity contribution in [3.8, 4) is 0 Å². The number of amides is 2. The van der Waals surface area contributed by atoms with Gasteiger partial charge in [-0.25, -0.2) is 0 Å². The molecule has 2 aliphatic rings. The Morgan fingerprint density at radius 2 is 1.93 bits per heavy atom. The summed E-state index contributed by atoms with van der Waals surface area (Å²) in [4.78, 5) is 31.3. The quantitative estimate of drug-likeness (QED) is 0.714. The van der Waals surface area contributed by atoms with Gasteiger partial charge in [0.15, 0.2) is 0 Å². The number of hydrogen-bond acceptors (Lipinski definition) is 3. The van der Waals surface area contributed by atoms with E-state index in [-0.39, 0.29) is 18.2 Å². The third-order valence-electron chi connectivity index (χ3n) is 6.18. The van der Waals surface area contributed by atoms with Gasteiger partial charge in [-0.05, 0) is 42.7 Å². The molecular formula is C23H23N3O3. The van der Waals surface area contributed by atoms with Crippen molar-refractivity contribution in [2.24, 2.45) is 0 Å². The lowest BCUT2D eigenvalue weighted by Gasteiger charge is -2.44. The molecule has 0 saturated carbocycles. The van der Waals surface area contributed by atoms with Gasteiger partial charge in [0.05, 0.1) is 17.6 Å². The van der Waals surface area contributed by atoms with E-state index in [0.29, 0.717) is 32.6 Å². The molecule has 3 heterocycles. The van der Waals surface area contributed by atoms with Crippen molar-refractivity contribution in [3.63, 3.8) is 0 Å². The topological polar surface area (TPSA) is 74.4 Å². The number of rotatable bonds is 4. The number of nitrogens with zero attached hydrogens (tertiary/aromatic N) is 1. The fraction of sp³-hybridized carbons (Fsp3) is 0.304. The summed E-state index contributed by atoms with van der Waals surface area (Å²) in [5.74, 6) is -0.0626. The zero-order valence-electron chi connectivity index (χ0n) is 16.1. The van der Waals surface area contributed by atoms with Gasteiger partial charge in [-0.3, -0.25) is 9.59 Å². The molecular weight excluding hydrogens is 366 g/mol. The van der Waals surface area contributed by atoms with Gasteiger partial charge in [0.2, 0.25) is 5.91 Å². The molecule has 0 bridgehead atoms. The average Bonchev–Trinajstić information content (AvgIpc) is 3.35. The first-order valence-electron chi connectivity index (χ1n) is 10.00. The van der Waals surface area contributed by atoms with Crippen LogP contribution in [0.2, 0.25) is 0 Å². The van der Waals surface area contributed by atoms with Gasteiger partial charge in [0.1, 0.15) is 0 Å². The Labute approximate surface area is 168 Å². The number of ether oxygens (including phenoxy) is 1. The Morgan fingerprint density at radius 3 is 2.76 bits per heavy atom. The van der Waals surface area contributed by atoms with Gasteiger partial charge in [0, 0.05) is 42.4 Å². The molecule has 5 rings (SSSR count). The highest BCUT2D eigenvalue weighted by Crippen LogP contribution is 2.38. The van der Waals surface area contributed by atoms with E-state index in [1.807, 2.05) is 59.6 Å². The van der Waals surface area contributed by atoms with Crippen LogP contribution in [0.15, 0.2) is 54.7 Å². The molecule has 29 heavy (non-hydrogen) atoms. The highest BCUT2D eigenvalue weighted by Gasteiger charge is 2.46. The second-order valence-electron chi connectivity index (χ2n) is 7.85. The standard InChI is InChI=1S/C23H23N3O3/c27-21(25-20-7-3-6-19-18(20)8-11-24-19)14-23(9-12-29-13-10-23)26-15-16-4-1-2-5-17(16)22(26)28/h1-8,11,24H,9-10,12-15H2,(H,25,27). The van der Waals surface area contributed by atoms with Crippen molar-refractivity contribution in [1.29, 1.82) is 0 Å². The van der Waals surface area contributed by atoms with Gasteiger partial charge in [-0.1, -0.05) is 24.3 Å². The van der Waals surface area contributed by atoms with Crippen LogP contribution < -0.4 is 5.32 Å². The number of aromatic nitrogens is 1. The van der Waals surface area contributed by atoms with Crippen molar-refractivity contribution < 1.29 is 14.3 Å². The summed E-state index contributed by atoms with van der Waals surface area (Å²) in [6.45, 7) is 1.66. The largest absolute Gasteiger partial charge is 0.381 e. The van der Waals surface area contributed by atoms with Crippen molar-refractivity contribution >= 4 is 28.4 Å². The predicted molar refractivity (Wildman–Crippen MR) is 111 cm³/mol. The Kier molecular flexibility index (Phi) is 4.36. The molecule has 2 amide bonds. The number of fused-ring (bicyclic) bond motifs is 2. The summed E-state index contributed by atoms with van der Waals surface area (Å²) < 4.78 is 5.57. The van der Waals surface area contributed by atoms with E-state index < -0.39 is 5.54 Å². The molecule has 2 N–H and O–H groups in total. The second kappa shape index (κ2) is 7.04. The summed E-state index contributed by atoms with van der Waals surface area (Å²) in [6.07, 6.45) is 3.44. The molecule has 2 aliphatic heterocycles. The van der Waals surface area contributed by atoms with E-state index in [2.05, 4.69) is 10.3 Å². The van der Waals surface area contributed by atoms with E-state index in [4.69, 9.17) is 4.74 Å². The van der Waals surface area contributed by atoms with Crippen LogP contribution in [0.1, 0.15) is 35.2 Å². The molecule has 1 fully saturated rings. The number of benzene rings is 2. The van der Waals surface area contributed by atoms with Gasteiger partial charge in [-0.2, -0.15) is 0 Å². The van der Waals surface area contributed by atoms with Crippen LogP contribution in [0.4, 0.5) is 5.69 Å². The first-order valence-corrected chi connectivity index (χ1v) is 10.00. The van der Waals surface area contributed by atoms with E-state index >= 15 is 0 Å². The number of carbonyl (C=O) groups is 2. The molecule has 6 heteroatoms. The Morgan fingerprint density at radius 1 is 1.10 bits per heavy atom. The van der Waals surface area contributed by atoms with Gasteiger partial charge in [0.25, 0.3) is 5.91 Å². The summed E-state index contributed by atoms with van der Waals surface area (Å²) >= 11 is 0. The van der Waals surface area contributed by atoms with Gasteiger partial charge < -0.3 is 19.9 Å². The smallest absolute Gasteiger partial charge is 0.254 e. The molecule has 0 radical (unpaired) electrons. The van der Waals surface area contributed by atoms with Crippen LogP contribution in [0.25, 0.3) is 10.9 Å². The summed E-state index contributed by atoms with van der Waals surface area (Å²) in [5, 5.41) is 4.04. The molecule has 148 valence electrons. The first-order chi connectivity index (χ1) is 14.2. The van der Waals surface area contributed by atoms with Gasteiger partial charge >= 0.3 is 0 Å². The molecule has 0 atom stereocenters. The number of nitrogens with one attached hydrogen (secondary N) is 2. The maximum atomic E-state index is 13.1. The van der Waals surface area contributed by atoms with Crippen LogP contribution in [-0.2, 0) is 16.1 Å². The Bertz CT molecular complexity index is 1080. The zero-order chi connectivity index (χ0) is 19.8. The first kappa shape index (κ1) is 17.9.